The normalized spacial score (nSPS) is 12.8. The molecular weight excluding hydrogens is 250 g/mol. The van der Waals surface area contributed by atoms with E-state index in [9.17, 15) is 0 Å². The highest BCUT2D eigenvalue weighted by Crippen LogP contribution is 2.27. The Morgan fingerprint density at radius 1 is 1.25 bits per heavy atom. The lowest BCUT2D eigenvalue weighted by molar-refractivity contribution is 0.323. The monoisotopic (exact) mass is 269 g/mol. The number of aryl methyl sites for hydroxylation is 1. The zero-order chi connectivity index (χ0) is 13.9. The van der Waals surface area contributed by atoms with Crippen LogP contribution >= 0.6 is 0 Å². The van der Waals surface area contributed by atoms with Gasteiger partial charge in [-0.3, -0.25) is 0 Å². The SMILES string of the molecule is Cc1cccc(OCCc2ccc3c(c2)CCO3)c1N. The number of benzene rings is 2. The molecule has 104 valence electrons. The predicted molar refractivity (Wildman–Crippen MR) is 80.4 cm³/mol. The number of anilines is 1. The Bertz CT molecular complexity index is 622. The molecule has 2 N–H and O–H groups in total. The lowest BCUT2D eigenvalue weighted by atomic mass is 10.1. The number of rotatable bonds is 4. The fraction of sp³-hybridized carbons (Fsp3) is 0.294. The Balaban J connectivity index is 1.61. The van der Waals surface area contributed by atoms with Crippen LogP contribution in [-0.4, -0.2) is 13.2 Å². The van der Waals surface area contributed by atoms with Gasteiger partial charge in [-0.1, -0.05) is 24.3 Å². The number of nitrogens with two attached hydrogens (primary N) is 1. The predicted octanol–water partition coefficient (Wildman–Crippen LogP) is 3.13. The summed E-state index contributed by atoms with van der Waals surface area (Å²) in [5.74, 6) is 1.80. The molecule has 2 aromatic rings. The van der Waals surface area contributed by atoms with Crippen LogP contribution in [0, 0.1) is 6.92 Å². The van der Waals surface area contributed by atoms with Crippen LogP contribution in [0.2, 0.25) is 0 Å². The van der Waals surface area contributed by atoms with Crippen LogP contribution < -0.4 is 15.2 Å². The second-order valence-corrected chi connectivity index (χ2v) is 5.13. The van der Waals surface area contributed by atoms with Gasteiger partial charge >= 0.3 is 0 Å². The zero-order valence-corrected chi connectivity index (χ0v) is 11.7. The average molecular weight is 269 g/mol. The highest BCUT2D eigenvalue weighted by Gasteiger charge is 2.12. The molecule has 0 saturated carbocycles. The molecule has 0 fully saturated rings. The van der Waals surface area contributed by atoms with Crippen LogP contribution in [-0.2, 0) is 12.8 Å². The molecule has 0 aromatic heterocycles. The van der Waals surface area contributed by atoms with E-state index in [4.69, 9.17) is 15.2 Å². The Labute approximate surface area is 119 Å². The van der Waals surface area contributed by atoms with Crippen LogP contribution in [0.3, 0.4) is 0 Å². The number of para-hydroxylation sites is 1. The second-order valence-electron chi connectivity index (χ2n) is 5.13. The molecule has 3 rings (SSSR count). The van der Waals surface area contributed by atoms with Gasteiger partial charge in [-0.15, -0.1) is 0 Å². The maximum Gasteiger partial charge on any atom is 0.142 e. The van der Waals surface area contributed by atoms with Crippen molar-refractivity contribution in [3.63, 3.8) is 0 Å². The van der Waals surface area contributed by atoms with Crippen LogP contribution in [0.1, 0.15) is 16.7 Å². The summed E-state index contributed by atoms with van der Waals surface area (Å²) in [5, 5.41) is 0. The molecule has 0 aliphatic carbocycles. The van der Waals surface area contributed by atoms with Crippen molar-refractivity contribution in [2.75, 3.05) is 18.9 Å². The average Bonchev–Trinajstić information content (AvgIpc) is 2.91. The highest BCUT2D eigenvalue weighted by atomic mass is 16.5. The quantitative estimate of drug-likeness (QED) is 0.867. The van der Waals surface area contributed by atoms with Gasteiger partial charge in [0, 0.05) is 12.8 Å². The summed E-state index contributed by atoms with van der Waals surface area (Å²) in [6.07, 6.45) is 1.88. The van der Waals surface area contributed by atoms with Crippen LogP contribution in [0.15, 0.2) is 36.4 Å². The Kier molecular flexibility index (Phi) is 3.50. The standard InChI is InChI=1S/C17H19NO2/c1-12-3-2-4-16(17(12)18)20-9-7-13-5-6-15-14(11-13)8-10-19-15/h2-6,11H,7-10,18H2,1H3. The number of hydrogen-bond acceptors (Lipinski definition) is 3. The minimum Gasteiger partial charge on any atom is -0.493 e. The number of fused-ring (bicyclic) bond motifs is 1. The van der Waals surface area contributed by atoms with Gasteiger partial charge in [0.25, 0.3) is 0 Å². The zero-order valence-electron chi connectivity index (χ0n) is 11.7. The third kappa shape index (κ3) is 2.57. The van der Waals surface area contributed by atoms with E-state index in [-0.39, 0.29) is 0 Å². The van der Waals surface area contributed by atoms with Crippen molar-refractivity contribution in [2.24, 2.45) is 0 Å². The molecule has 0 bridgehead atoms. The first-order chi connectivity index (χ1) is 9.74. The minimum absolute atomic E-state index is 0.632. The lowest BCUT2D eigenvalue weighted by Crippen LogP contribution is -2.04. The number of hydrogen-bond donors (Lipinski definition) is 1. The van der Waals surface area contributed by atoms with E-state index in [0.29, 0.717) is 6.61 Å². The van der Waals surface area contributed by atoms with Gasteiger partial charge in [-0.2, -0.15) is 0 Å². The summed E-state index contributed by atoms with van der Waals surface area (Å²) in [6.45, 7) is 3.42. The van der Waals surface area contributed by atoms with Crippen molar-refractivity contribution < 1.29 is 9.47 Å². The van der Waals surface area contributed by atoms with Crippen LogP contribution in [0.25, 0.3) is 0 Å². The van der Waals surface area contributed by atoms with Crippen molar-refractivity contribution in [3.05, 3.63) is 53.1 Å². The fourth-order valence-corrected chi connectivity index (χ4v) is 2.45. The van der Waals surface area contributed by atoms with Gasteiger partial charge < -0.3 is 15.2 Å². The van der Waals surface area contributed by atoms with Crippen molar-refractivity contribution in [1.82, 2.24) is 0 Å². The molecule has 0 radical (unpaired) electrons. The van der Waals surface area contributed by atoms with E-state index < -0.39 is 0 Å². The van der Waals surface area contributed by atoms with E-state index in [0.717, 1.165) is 42.2 Å². The van der Waals surface area contributed by atoms with Gasteiger partial charge in [0.15, 0.2) is 0 Å². The van der Waals surface area contributed by atoms with Gasteiger partial charge in [-0.25, -0.2) is 0 Å². The molecule has 0 atom stereocenters. The van der Waals surface area contributed by atoms with Gasteiger partial charge in [0.05, 0.1) is 18.9 Å². The first-order valence-electron chi connectivity index (χ1n) is 6.96. The van der Waals surface area contributed by atoms with E-state index in [2.05, 4.69) is 18.2 Å². The molecule has 0 saturated heterocycles. The van der Waals surface area contributed by atoms with Crippen molar-refractivity contribution in [2.45, 2.75) is 19.8 Å². The topological polar surface area (TPSA) is 44.5 Å². The lowest BCUT2D eigenvalue weighted by Gasteiger charge is -2.11. The van der Waals surface area contributed by atoms with Crippen LogP contribution in [0.5, 0.6) is 11.5 Å². The first-order valence-corrected chi connectivity index (χ1v) is 6.96. The molecule has 0 spiro atoms. The van der Waals surface area contributed by atoms with E-state index in [1.54, 1.807) is 0 Å². The van der Waals surface area contributed by atoms with E-state index >= 15 is 0 Å². The molecule has 1 aliphatic rings. The maximum absolute atomic E-state index is 5.99. The maximum atomic E-state index is 5.99. The Morgan fingerprint density at radius 3 is 3.05 bits per heavy atom. The van der Waals surface area contributed by atoms with Crippen LogP contribution in [0.4, 0.5) is 5.69 Å². The van der Waals surface area contributed by atoms with E-state index in [1.165, 1.54) is 11.1 Å². The summed E-state index contributed by atoms with van der Waals surface area (Å²) in [6, 6.07) is 12.2. The molecule has 2 aromatic carbocycles. The third-order valence-corrected chi connectivity index (χ3v) is 3.69. The van der Waals surface area contributed by atoms with Crippen molar-refractivity contribution in [3.8, 4) is 11.5 Å². The largest absolute Gasteiger partial charge is 0.493 e. The smallest absolute Gasteiger partial charge is 0.142 e. The minimum atomic E-state index is 0.632. The Hall–Kier alpha value is -2.16. The highest BCUT2D eigenvalue weighted by molar-refractivity contribution is 5.57. The van der Waals surface area contributed by atoms with Crippen molar-refractivity contribution in [1.29, 1.82) is 0 Å². The number of nitrogen functional groups attached to an aromatic ring is 1. The summed E-state index contributed by atoms with van der Waals surface area (Å²) in [4.78, 5) is 0. The molecular formula is C17H19NO2. The summed E-state index contributed by atoms with van der Waals surface area (Å²) in [5.41, 5.74) is 10.4. The van der Waals surface area contributed by atoms with E-state index in [1.807, 2.05) is 25.1 Å². The van der Waals surface area contributed by atoms with Gasteiger partial charge in [0.2, 0.25) is 0 Å². The van der Waals surface area contributed by atoms with Gasteiger partial charge in [0.1, 0.15) is 11.5 Å². The molecule has 3 nitrogen and oxygen atoms in total. The second kappa shape index (κ2) is 5.45. The molecule has 0 unspecified atom stereocenters. The summed E-state index contributed by atoms with van der Waals surface area (Å²) >= 11 is 0. The molecule has 3 heteroatoms. The van der Waals surface area contributed by atoms with Gasteiger partial charge in [-0.05, 0) is 35.7 Å². The summed E-state index contributed by atoms with van der Waals surface area (Å²) in [7, 11) is 0. The number of ether oxygens (including phenoxy) is 2. The molecule has 1 heterocycles. The summed E-state index contributed by atoms with van der Waals surface area (Å²) < 4.78 is 11.3. The molecule has 20 heavy (non-hydrogen) atoms. The molecule has 0 amide bonds. The van der Waals surface area contributed by atoms with Crippen molar-refractivity contribution >= 4 is 5.69 Å². The first kappa shape index (κ1) is 12.9. The fourth-order valence-electron chi connectivity index (χ4n) is 2.45. The Morgan fingerprint density at radius 2 is 2.15 bits per heavy atom. The third-order valence-electron chi connectivity index (χ3n) is 3.69. The molecule has 1 aliphatic heterocycles.